The van der Waals surface area contributed by atoms with E-state index in [0.717, 1.165) is 11.3 Å². The highest BCUT2D eigenvalue weighted by Gasteiger charge is 2.22. The third-order valence-corrected chi connectivity index (χ3v) is 3.54. The summed E-state index contributed by atoms with van der Waals surface area (Å²) in [6, 6.07) is 1.13. The Hall–Kier alpha value is -1.19. The average molecular weight is 319 g/mol. The molecule has 1 aromatic heterocycles. The molecule has 0 aliphatic carbocycles. The Morgan fingerprint density at radius 2 is 2.24 bits per heavy atom. The number of nitrogens with one attached hydrogen (secondary N) is 3. The number of aromatic nitrogens is 1. The van der Waals surface area contributed by atoms with E-state index in [9.17, 15) is 14.8 Å². The number of aliphatic hydroxyl groups is 2. The summed E-state index contributed by atoms with van der Waals surface area (Å²) in [4.78, 5) is 20.3. The van der Waals surface area contributed by atoms with E-state index >= 15 is 0 Å². The van der Waals surface area contributed by atoms with Crippen molar-refractivity contribution in [1.82, 2.24) is 15.6 Å². The predicted molar refractivity (Wildman–Crippen MR) is 73.7 cm³/mol. The fraction of sp³-hybridized carbons (Fsp3) is 0.455. The first-order valence-electron chi connectivity index (χ1n) is 6.26. The molecule has 2 heterocycles. The summed E-state index contributed by atoms with van der Waals surface area (Å²) in [5.74, 6) is 0. The highest BCUT2D eigenvalue weighted by atomic mass is 31.2. The zero-order valence-electron chi connectivity index (χ0n) is 11.1. The second kappa shape index (κ2) is 6.71. The molecular formula is C11H18N3O6P. The van der Waals surface area contributed by atoms with E-state index in [4.69, 9.17) is 9.79 Å². The number of rotatable bonds is 7. The second-order valence-corrected chi connectivity index (χ2v) is 5.83. The van der Waals surface area contributed by atoms with Gasteiger partial charge in [0, 0.05) is 30.1 Å². The molecule has 7 N–H and O–H groups in total. The molecule has 2 rings (SSSR count). The Bertz CT molecular complexity index is 554. The Balaban J connectivity index is 1.92. The monoisotopic (exact) mass is 319 g/mol. The minimum absolute atomic E-state index is 0.318. The number of fused-ring (bicyclic) bond motifs is 1. The number of aliphatic hydroxyl groups excluding tert-OH is 2. The lowest BCUT2D eigenvalue weighted by Gasteiger charge is -2.23. The van der Waals surface area contributed by atoms with Crippen LogP contribution in [0.15, 0.2) is 18.5 Å². The molecule has 1 aromatic rings. The van der Waals surface area contributed by atoms with Crippen LogP contribution in [-0.2, 0) is 9.09 Å². The minimum Gasteiger partial charge on any atom is -0.395 e. The van der Waals surface area contributed by atoms with Gasteiger partial charge in [0.15, 0.2) is 6.23 Å². The Morgan fingerprint density at radius 3 is 2.90 bits per heavy atom. The number of phosphoric ester groups is 1. The van der Waals surface area contributed by atoms with Gasteiger partial charge in [-0.15, -0.1) is 0 Å². The van der Waals surface area contributed by atoms with E-state index in [0.29, 0.717) is 12.1 Å². The summed E-state index contributed by atoms with van der Waals surface area (Å²) in [7, 11) is -4.56. The van der Waals surface area contributed by atoms with Crippen molar-refractivity contribution in [1.29, 1.82) is 0 Å². The van der Waals surface area contributed by atoms with Crippen LogP contribution in [0, 0.1) is 0 Å². The maximum absolute atomic E-state index is 10.6. The van der Waals surface area contributed by atoms with Crippen LogP contribution in [0.5, 0.6) is 0 Å². The zero-order chi connectivity index (χ0) is 15.5. The molecule has 0 saturated carbocycles. The molecule has 1 aliphatic heterocycles. The molecule has 0 fully saturated rings. The molecule has 0 spiro atoms. The highest BCUT2D eigenvalue weighted by molar-refractivity contribution is 7.46. The molecule has 118 valence electrons. The third-order valence-electron chi connectivity index (χ3n) is 3.06. The maximum Gasteiger partial charge on any atom is 0.469 e. The first kappa shape index (κ1) is 16.2. The van der Waals surface area contributed by atoms with Crippen LogP contribution in [0.1, 0.15) is 17.5 Å². The number of hydrogen-bond acceptors (Lipinski definition) is 6. The van der Waals surface area contributed by atoms with Crippen molar-refractivity contribution >= 4 is 13.4 Å². The number of H-pyrrole nitrogens is 1. The molecule has 1 aliphatic rings. The van der Waals surface area contributed by atoms with Gasteiger partial charge in [0.05, 0.1) is 24.9 Å². The Morgan fingerprint density at radius 1 is 1.48 bits per heavy atom. The fourth-order valence-corrected chi connectivity index (χ4v) is 2.36. The van der Waals surface area contributed by atoms with Gasteiger partial charge in [-0.25, -0.2) is 4.57 Å². The van der Waals surface area contributed by atoms with Gasteiger partial charge < -0.3 is 35.6 Å². The molecule has 0 amide bonds. The maximum atomic E-state index is 10.6. The number of hydrogen-bond donors (Lipinski definition) is 7. The van der Waals surface area contributed by atoms with E-state index in [1.807, 2.05) is 0 Å². The van der Waals surface area contributed by atoms with Gasteiger partial charge in [0.25, 0.3) is 0 Å². The molecule has 0 bridgehead atoms. The lowest BCUT2D eigenvalue weighted by atomic mass is 10.0. The van der Waals surface area contributed by atoms with Crippen LogP contribution < -0.4 is 10.6 Å². The van der Waals surface area contributed by atoms with Gasteiger partial charge in [-0.3, -0.25) is 4.52 Å². The van der Waals surface area contributed by atoms with E-state index < -0.39 is 20.1 Å². The summed E-state index contributed by atoms with van der Waals surface area (Å²) >= 11 is 0. The van der Waals surface area contributed by atoms with Gasteiger partial charge in [0.2, 0.25) is 0 Å². The van der Waals surface area contributed by atoms with Crippen LogP contribution in [0.2, 0.25) is 0 Å². The molecule has 0 saturated heterocycles. The van der Waals surface area contributed by atoms with E-state index in [-0.39, 0.29) is 13.2 Å². The van der Waals surface area contributed by atoms with Crippen molar-refractivity contribution in [2.24, 2.45) is 0 Å². The molecule has 21 heavy (non-hydrogen) atoms. The van der Waals surface area contributed by atoms with Gasteiger partial charge >= 0.3 is 7.82 Å². The topological polar surface area (TPSA) is 147 Å². The fourth-order valence-electron chi connectivity index (χ4n) is 1.99. The Labute approximate surface area is 120 Å². The van der Waals surface area contributed by atoms with E-state index in [1.54, 1.807) is 18.5 Å². The molecule has 2 atom stereocenters. The number of phosphoric acid groups is 1. The van der Waals surface area contributed by atoms with Gasteiger partial charge in [-0.05, 0) is 6.07 Å². The second-order valence-electron chi connectivity index (χ2n) is 4.59. The van der Waals surface area contributed by atoms with Crippen molar-refractivity contribution < 1.29 is 29.1 Å². The number of aromatic amines is 1. The van der Waals surface area contributed by atoms with Crippen LogP contribution in [0.25, 0.3) is 5.57 Å². The van der Waals surface area contributed by atoms with Crippen LogP contribution >= 0.6 is 7.82 Å². The molecular weight excluding hydrogens is 301 g/mol. The summed E-state index contributed by atoms with van der Waals surface area (Å²) in [6.07, 6.45) is 2.56. The lowest BCUT2D eigenvalue weighted by molar-refractivity contribution is 0.146. The summed E-state index contributed by atoms with van der Waals surface area (Å²) in [5, 5.41) is 24.6. The van der Waals surface area contributed by atoms with Crippen molar-refractivity contribution in [3.05, 3.63) is 29.7 Å². The van der Waals surface area contributed by atoms with Crippen molar-refractivity contribution in [2.45, 2.75) is 12.3 Å². The summed E-state index contributed by atoms with van der Waals surface area (Å²) in [6.45, 7) is -0.328. The third kappa shape index (κ3) is 4.39. The quantitative estimate of drug-likeness (QED) is 0.317. The zero-order valence-corrected chi connectivity index (χ0v) is 12.0. The minimum atomic E-state index is -4.56. The highest BCUT2D eigenvalue weighted by Crippen LogP contribution is 2.35. The predicted octanol–water partition coefficient (Wildman–Crippen LogP) is -0.990. The van der Waals surface area contributed by atoms with Crippen molar-refractivity contribution in [2.75, 3.05) is 19.8 Å². The SMILES string of the molecule is O=P(O)(O)OC[C@H](CO)NCC1=CNC(O)c2cc[nH]c21. The average Bonchev–Trinajstić information content (AvgIpc) is 2.90. The van der Waals surface area contributed by atoms with Gasteiger partial charge in [-0.2, -0.15) is 0 Å². The smallest absolute Gasteiger partial charge is 0.395 e. The van der Waals surface area contributed by atoms with Gasteiger partial charge in [-0.1, -0.05) is 0 Å². The molecule has 9 nitrogen and oxygen atoms in total. The van der Waals surface area contributed by atoms with Crippen LogP contribution in [0.4, 0.5) is 0 Å². The van der Waals surface area contributed by atoms with E-state index in [2.05, 4.69) is 20.1 Å². The normalized spacial score (nSPS) is 19.6. The van der Waals surface area contributed by atoms with E-state index in [1.165, 1.54) is 0 Å². The lowest BCUT2D eigenvalue weighted by Crippen LogP contribution is -2.38. The molecule has 1 unspecified atom stereocenters. The van der Waals surface area contributed by atoms with Crippen LogP contribution in [0.3, 0.4) is 0 Å². The summed E-state index contributed by atoms with van der Waals surface area (Å²) < 4.78 is 15.0. The first-order valence-corrected chi connectivity index (χ1v) is 7.79. The van der Waals surface area contributed by atoms with Gasteiger partial charge in [0.1, 0.15) is 0 Å². The van der Waals surface area contributed by atoms with Crippen molar-refractivity contribution in [3.63, 3.8) is 0 Å². The Kier molecular flexibility index (Phi) is 5.17. The molecule has 0 aromatic carbocycles. The summed E-state index contributed by atoms with van der Waals surface area (Å²) in [5.41, 5.74) is 2.29. The molecule has 10 heteroatoms. The largest absolute Gasteiger partial charge is 0.469 e. The first-order chi connectivity index (χ1) is 9.90. The standard InChI is InChI=1S/C11H18N3O6P/c15-5-8(6-20-21(17,18)19)13-3-7-4-14-11(16)9-1-2-12-10(7)9/h1-2,4,8,11-16H,3,5-6H2,(H2,17,18,19)/t8-,11?/m0/s1. The van der Waals surface area contributed by atoms with Crippen LogP contribution in [-0.4, -0.2) is 50.8 Å². The molecule has 0 radical (unpaired) electrons. The van der Waals surface area contributed by atoms with Crippen molar-refractivity contribution in [3.8, 4) is 0 Å².